The van der Waals surface area contributed by atoms with Gasteiger partial charge in [-0.25, -0.2) is 4.99 Å². The maximum absolute atomic E-state index is 5.36. The van der Waals surface area contributed by atoms with E-state index in [1.54, 1.807) is 0 Å². The molecule has 1 aliphatic carbocycles. The van der Waals surface area contributed by atoms with Gasteiger partial charge in [-0.3, -0.25) is 5.32 Å². The molecule has 1 heterocycles. The molecule has 0 aromatic heterocycles. The summed E-state index contributed by atoms with van der Waals surface area (Å²) in [4.78, 5) is 5.36. The van der Waals surface area contributed by atoms with Crippen LogP contribution in [0.2, 0.25) is 0 Å². The fourth-order valence-corrected chi connectivity index (χ4v) is 10.5. The normalized spacial score (nSPS) is 16.2. The minimum absolute atomic E-state index is 0.123. The molecule has 3 nitrogen and oxygen atoms in total. The van der Waals surface area contributed by atoms with Crippen LogP contribution >= 0.6 is 0 Å². The van der Waals surface area contributed by atoms with E-state index in [-0.39, 0.29) is 12.3 Å². The second-order valence-corrected chi connectivity index (χ2v) is 16.7. The van der Waals surface area contributed by atoms with E-state index in [2.05, 4.69) is 247 Å². The van der Waals surface area contributed by atoms with Crippen molar-refractivity contribution < 1.29 is 0 Å². The van der Waals surface area contributed by atoms with Gasteiger partial charge < -0.3 is 5.32 Å². The van der Waals surface area contributed by atoms with Crippen molar-refractivity contribution in [1.29, 1.82) is 0 Å². The monoisotopic (exact) mass is 805 g/mol. The number of nitrogens with one attached hydrogen (secondary N) is 2. The Kier molecular flexibility index (Phi) is 8.95. The van der Waals surface area contributed by atoms with E-state index in [1.807, 2.05) is 0 Å². The van der Waals surface area contributed by atoms with Gasteiger partial charge in [-0.05, 0) is 100 Å². The van der Waals surface area contributed by atoms with Crippen LogP contribution in [0.4, 0.5) is 0 Å². The zero-order valence-electron chi connectivity index (χ0n) is 34.6. The topological polar surface area (TPSA) is 36.4 Å². The van der Waals surface area contributed by atoms with Crippen LogP contribution in [0, 0.1) is 0 Å². The van der Waals surface area contributed by atoms with E-state index in [0.29, 0.717) is 0 Å². The lowest BCUT2D eigenvalue weighted by atomic mass is 9.66. The molecule has 0 fully saturated rings. The summed E-state index contributed by atoms with van der Waals surface area (Å²) in [7, 11) is 0. The Bertz CT molecular complexity index is 3290. The third-order valence-corrected chi connectivity index (χ3v) is 13.2. The van der Waals surface area contributed by atoms with Crippen molar-refractivity contribution >= 4 is 27.4 Å². The molecule has 2 aliphatic rings. The van der Waals surface area contributed by atoms with E-state index < -0.39 is 5.41 Å². The van der Waals surface area contributed by atoms with Gasteiger partial charge in [0, 0.05) is 5.56 Å². The summed E-state index contributed by atoms with van der Waals surface area (Å²) in [6.45, 7) is 0. The summed E-state index contributed by atoms with van der Waals surface area (Å²) < 4.78 is 0. The molecule has 2 atom stereocenters. The van der Waals surface area contributed by atoms with Crippen molar-refractivity contribution in [2.45, 2.75) is 17.7 Å². The highest BCUT2D eigenvalue weighted by Gasteiger charge is 2.48. The Morgan fingerprint density at radius 2 is 0.968 bits per heavy atom. The van der Waals surface area contributed by atoms with E-state index >= 15 is 0 Å². The molecular weight excluding hydrogens is 763 g/mol. The summed E-state index contributed by atoms with van der Waals surface area (Å²) >= 11 is 0. The largest absolute Gasteiger partial charge is 0.350 e. The molecular formula is C60H43N3. The smallest absolute Gasteiger partial charge is 0.131 e. The lowest BCUT2D eigenvalue weighted by Gasteiger charge is -2.35. The van der Waals surface area contributed by atoms with Crippen molar-refractivity contribution in [1.82, 2.24) is 10.6 Å². The van der Waals surface area contributed by atoms with Gasteiger partial charge in [-0.2, -0.15) is 0 Å². The number of fused-ring (bicyclic) bond motifs is 6. The third kappa shape index (κ3) is 6.04. The lowest BCUT2D eigenvalue weighted by molar-refractivity contribution is 0.410. The Balaban J connectivity index is 1.09. The van der Waals surface area contributed by atoms with Crippen LogP contribution in [-0.2, 0) is 5.41 Å². The molecule has 0 saturated carbocycles. The number of benzene rings is 10. The van der Waals surface area contributed by atoms with Gasteiger partial charge in [-0.1, -0.05) is 224 Å². The fraction of sp³-hybridized carbons (Fsp3) is 0.0500. The van der Waals surface area contributed by atoms with Gasteiger partial charge in [0.1, 0.15) is 18.2 Å². The Morgan fingerprint density at radius 1 is 0.413 bits per heavy atom. The minimum atomic E-state index is -0.600. The molecule has 298 valence electrons. The Hall–Kier alpha value is -7.85. The number of aliphatic imine (C=N–C) groups is 1. The molecule has 0 saturated heterocycles. The first-order valence-corrected chi connectivity index (χ1v) is 21.9. The maximum Gasteiger partial charge on any atom is 0.131 e. The first-order chi connectivity index (χ1) is 31.3. The molecule has 10 aromatic rings. The first-order valence-electron chi connectivity index (χ1n) is 21.9. The van der Waals surface area contributed by atoms with Crippen LogP contribution in [0.15, 0.2) is 242 Å². The van der Waals surface area contributed by atoms with Crippen LogP contribution in [0.3, 0.4) is 0 Å². The van der Waals surface area contributed by atoms with E-state index in [9.17, 15) is 0 Å². The van der Waals surface area contributed by atoms with E-state index in [4.69, 9.17) is 4.99 Å². The van der Waals surface area contributed by atoms with Crippen molar-refractivity contribution in [3.63, 3.8) is 0 Å². The van der Waals surface area contributed by atoms with E-state index in [0.717, 1.165) is 22.5 Å². The standard InChI is InChI=1S/C60H43N3/c1-6-20-40(21-7-1)53-38-43-26-16-17-31-48(43)56-55(53)52-35-34-44(39-54(52)60(56,45-27-12-4-13-28-45)46-29-14-5-15-30-46)47-36-37-51(50-33-19-18-32-49(47)50)59-62-57(41-22-8-2-9-23-41)61-58(63-59)42-24-10-3-11-25-42/h1-39,57,59,62H,(H,61,63). The van der Waals surface area contributed by atoms with Crippen molar-refractivity contribution in [3.05, 3.63) is 276 Å². The number of amidine groups is 1. The summed E-state index contributed by atoms with van der Waals surface area (Å²) in [5.74, 6) is 0.875. The first kappa shape index (κ1) is 37.0. The third-order valence-electron chi connectivity index (χ3n) is 13.2. The molecule has 12 rings (SSSR count). The van der Waals surface area contributed by atoms with Crippen molar-refractivity contribution in [2.75, 3.05) is 0 Å². The van der Waals surface area contributed by atoms with Gasteiger partial charge in [0.2, 0.25) is 0 Å². The molecule has 3 heteroatoms. The van der Waals surface area contributed by atoms with Crippen LogP contribution in [0.5, 0.6) is 0 Å². The lowest BCUT2D eigenvalue weighted by Crippen LogP contribution is -2.45. The second kappa shape index (κ2) is 15.3. The highest BCUT2D eigenvalue weighted by Crippen LogP contribution is 2.61. The average Bonchev–Trinajstić information content (AvgIpc) is 3.68. The summed E-state index contributed by atoms with van der Waals surface area (Å²) in [5, 5.41) is 12.4. The van der Waals surface area contributed by atoms with Crippen LogP contribution in [0.1, 0.15) is 51.3 Å². The molecule has 0 bridgehead atoms. The quantitative estimate of drug-likeness (QED) is 0.168. The van der Waals surface area contributed by atoms with E-state index in [1.165, 1.54) is 77.2 Å². The molecule has 2 N–H and O–H groups in total. The van der Waals surface area contributed by atoms with Crippen molar-refractivity contribution in [2.24, 2.45) is 4.99 Å². The van der Waals surface area contributed by atoms with Gasteiger partial charge in [0.15, 0.2) is 0 Å². The number of hydrogen-bond acceptors (Lipinski definition) is 3. The summed E-state index contributed by atoms with van der Waals surface area (Å²) in [6.07, 6.45) is -0.407. The van der Waals surface area contributed by atoms with Gasteiger partial charge in [-0.15, -0.1) is 0 Å². The Morgan fingerprint density at radius 3 is 1.65 bits per heavy atom. The zero-order valence-corrected chi connectivity index (χ0v) is 34.6. The maximum atomic E-state index is 5.36. The molecule has 0 radical (unpaired) electrons. The second-order valence-electron chi connectivity index (χ2n) is 16.7. The van der Waals surface area contributed by atoms with Gasteiger partial charge in [0.05, 0.1) is 5.41 Å². The molecule has 2 unspecified atom stereocenters. The van der Waals surface area contributed by atoms with Gasteiger partial charge in [0.25, 0.3) is 0 Å². The van der Waals surface area contributed by atoms with Gasteiger partial charge >= 0.3 is 0 Å². The zero-order chi connectivity index (χ0) is 41.7. The molecule has 0 amide bonds. The molecule has 10 aromatic carbocycles. The predicted octanol–water partition coefficient (Wildman–Crippen LogP) is 14.0. The van der Waals surface area contributed by atoms with Crippen LogP contribution in [0.25, 0.3) is 54.9 Å². The van der Waals surface area contributed by atoms with Crippen LogP contribution in [-0.4, -0.2) is 5.84 Å². The number of rotatable bonds is 7. The predicted molar refractivity (Wildman–Crippen MR) is 261 cm³/mol. The molecule has 63 heavy (non-hydrogen) atoms. The SMILES string of the molecule is c1ccc(C2=NC(c3ccc(-c4ccc5c(c4)C(c4ccccc4)(c4ccccc4)c4c-5c(-c5ccccc5)cc5ccccc45)c4ccccc34)NC(c3ccccc3)N2)cc1. The number of nitrogens with zero attached hydrogens (tertiary/aromatic N) is 1. The van der Waals surface area contributed by atoms with Crippen molar-refractivity contribution in [3.8, 4) is 33.4 Å². The average molecular weight is 806 g/mol. The summed E-state index contributed by atoms with van der Waals surface area (Å²) in [6, 6.07) is 86.4. The number of hydrogen-bond donors (Lipinski definition) is 2. The van der Waals surface area contributed by atoms with Crippen LogP contribution < -0.4 is 10.6 Å². The molecule has 0 spiro atoms. The minimum Gasteiger partial charge on any atom is -0.350 e. The highest BCUT2D eigenvalue weighted by molar-refractivity contribution is 6.08. The highest BCUT2D eigenvalue weighted by atomic mass is 15.3. The fourth-order valence-electron chi connectivity index (χ4n) is 10.5. The Labute approximate surface area is 368 Å². The summed E-state index contributed by atoms with van der Waals surface area (Å²) in [5.41, 5.74) is 15.3. The molecule has 1 aliphatic heterocycles.